The van der Waals surface area contributed by atoms with E-state index >= 15 is 0 Å². The molecule has 1 saturated carbocycles. The second-order valence-corrected chi connectivity index (χ2v) is 6.36. The van der Waals surface area contributed by atoms with E-state index in [4.69, 9.17) is 0 Å². The monoisotopic (exact) mass is 231 g/mol. The topological polar surface area (TPSA) is 12.0 Å². The van der Waals surface area contributed by atoms with Gasteiger partial charge in [-0.15, -0.1) is 0 Å². The molecule has 2 unspecified atom stereocenters. The van der Waals surface area contributed by atoms with Crippen molar-refractivity contribution in [3.63, 3.8) is 0 Å². The summed E-state index contributed by atoms with van der Waals surface area (Å²) in [6.45, 7) is 12.5. The third-order valence-corrected chi connectivity index (χ3v) is 4.42. The second kappa shape index (κ2) is 4.45. The van der Waals surface area contributed by atoms with E-state index in [0.29, 0.717) is 11.5 Å². The number of aryl methyl sites for hydroxylation is 2. The van der Waals surface area contributed by atoms with E-state index in [1.54, 1.807) is 0 Å². The van der Waals surface area contributed by atoms with E-state index in [1.165, 1.54) is 23.1 Å². The van der Waals surface area contributed by atoms with Gasteiger partial charge in [-0.25, -0.2) is 0 Å². The smallest absolute Gasteiger partial charge is 0.0292 e. The minimum atomic E-state index is 0.464. The zero-order valence-corrected chi connectivity index (χ0v) is 11.8. The first-order chi connectivity index (χ1) is 7.90. The van der Waals surface area contributed by atoms with Crippen LogP contribution in [0.3, 0.4) is 0 Å². The number of rotatable bonds is 4. The van der Waals surface area contributed by atoms with Gasteiger partial charge in [-0.05, 0) is 61.8 Å². The molecule has 1 aliphatic carbocycles. The summed E-state index contributed by atoms with van der Waals surface area (Å²) in [5.74, 6) is 0.872. The van der Waals surface area contributed by atoms with Crippen molar-refractivity contribution in [1.82, 2.24) is 5.32 Å². The minimum Gasteiger partial charge on any atom is -0.310 e. The van der Waals surface area contributed by atoms with Gasteiger partial charge in [0.15, 0.2) is 0 Å². The van der Waals surface area contributed by atoms with Crippen molar-refractivity contribution in [2.75, 3.05) is 6.54 Å². The van der Waals surface area contributed by atoms with E-state index in [-0.39, 0.29) is 0 Å². The summed E-state index contributed by atoms with van der Waals surface area (Å²) in [6.07, 6.45) is 1.37. The number of benzene rings is 1. The Kier molecular flexibility index (Phi) is 3.31. The van der Waals surface area contributed by atoms with Crippen molar-refractivity contribution < 1.29 is 0 Å². The highest BCUT2D eigenvalue weighted by Crippen LogP contribution is 2.51. The van der Waals surface area contributed by atoms with Crippen LogP contribution in [0.1, 0.15) is 49.9 Å². The van der Waals surface area contributed by atoms with Gasteiger partial charge < -0.3 is 5.32 Å². The minimum absolute atomic E-state index is 0.464. The quantitative estimate of drug-likeness (QED) is 0.826. The SMILES string of the molecule is Cc1ccc(C(C)NCC2CC2(C)C)cc1C. The van der Waals surface area contributed by atoms with Crippen molar-refractivity contribution in [1.29, 1.82) is 0 Å². The predicted octanol–water partition coefficient (Wildman–Crippen LogP) is 4.00. The van der Waals surface area contributed by atoms with Gasteiger partial charge >= 0.3 is 0 Å². The van der Waals surface area contributed by atoms with Crippen molar-refractivity contribution in [3.05, 3.63) is 34.9 Å². The average Bonchev–Trinajstić information content (AvgIpc) is 2.87. The molecular weight excluding hydrogens is 206 g/mol. The fraction of sp³-hybridized carbons (Fsp3) is 0.625. The molecular formula is C16H25N. The third kappa shape index (κ3) is 2.90. The maximum absolute atomic E-state index is 3.66. The van der Waals surface area contributed by atoms with Crippen LogP contribution in [0.15, 0.2) is 18.2 Å². The first-order valence-corrected chi connectivity index (χ1v) is 6.71. The van der Waals surface area contributed by atoms with Crippen LogP contribution < -0.4 is 5.32 Å². The Morgan fingerprint density at radius 2 is 1.94 bits per heavy atom. The maximum atomic E-state index is 3.66. The number of hydrogen-bond donors (Lipinski definition) is 1. The summed E-state index contributed by atoms with van der Waals surface area (Å²) < 4.78 is 0. The molecule has 1 aromatic rings. The predicted molar refractivity (Wildman–Crippen MR) is 74.2 cm³/mol. The number of hydrogen-bond acceptors (Lipinski definition) is 1. The van der Waals surface area contributed by atoms with Gasteiger partial charge in [-0.1, -0.05) is 32.0 Å². The highest BCUT2D eigenvalue weighted by Gasteiger charge is 2.44. The van der Waals surface area contributed by atoms with Gasteiger partial charge in [0.2, 0.25) is 0 Å². The van der Waals surface area contributed by atoms with Crippen molar-refractivity contribution in [3.8, 4) is 0 Å². The van der Waals surface area contributed by atoms with Gasteiger partial charge in [-0.2, -0.15) is 0 Å². The lowest BCUT2D eigenvalue weighted by Gasteiger charge is -2.16. The molecule has 94 valence electrons. The largest absolute Gasteiger partial charge is 0.310 e. The molecule has 1 aromatic carbocycles. The zero-order valence-electron chi connectivity index (χ0n) is 11.8. The fourth-order valence-electron chi connectivity index (χ4n) is 2.40. The molecule has 1 aliphatic rings. The lowest BCUT2D eigenvalue weighted by Crippen LogP contribution is -2.22. The van der Waals surface area contributed by atoms with Crippen LogP contribution in [0.4, 0.5) is 0 Å². The Hall–Kier alpha value is -0.820. The summed E-state index contributed by atoms with van der Waals surface area (Å²) in [5, 5.41) is 3.66. The van der Waals surface area contributed by atoms with E-state index in [1.807, 2.05) is 0 Å². The normalized spacial score (nSPS) is 23.5. The van der Waals surface area contributed by atoms with Crippen LogP contribution in [0.5, 0.6) is 0 Å². The molecule has 0 aliphatic heterocycles. The van der Waals surface area contributed by atoms with E-state index < -0.39 is 0 Å². The third-order valence-electron chi connectivity index (χ3n) is 4.42. The van der Waals surface area contributed by atoms with Crippen LogP contribution in [0, 0.1) is 25.2 Å². The molecule has 0 saturated heterocycles. The number of nitrogens with one attached hydrogen (secondary N) is 1. The molecule has 0 aromatic heterocycles. The lowest BCUT2D eigenvalue weighted by molar-refractivity contribution is 0.485. The zero-order chi connectivity index (χ0) is 12.6. The van der Waals surface area contributed by atoms with E-state index in [2.05, 4.69) is 58.1 Å². The molecule has 1 N–H and O–H groups in total. The molecule has 0 heterocycles. The maximum Gasteiger partial charge on any atom is 0.0292 e. The molecule has 2 rings (SSSR count). The van der Waals surface area contributed by atoms with Crippen LogP contribution in [-0.4, -0.2) is 6.54 Å². The Bertz CT molecular complexity index is 406. The Morgan fingerprint density at radius 1 is 1.29 bits per heavy atom. The molecule has 0 radical (unpaired) electrons. The van der Waals surface area contributed by atoms with Gasteiger partial charge in [0.05, 0.1) is 0 Å². The molecule has 0 spiro atoms. The van der Waals surface area contributed by atoms with Crippen molar-refractivity contribution >= 4 is 0 Å². The second-order valence-electron chi connectivity index (χ2n) is 6.36. The van der Waals surface area contributed by atoms with Crippen LogP contribution >= 0.6 is 0 Å². The van der Waals surface area contributed by atoms with E-state index in [9.17, 15) is 0 Å². The van der Waals surface area contributed by atoms with Gasteiger partial charge in [0.25, 0.3) is 0 Å². The summed E-state index contributed by atoms with van der Waals surface area (Å²) in [4.78, 5) is 0. The summed E-state index contributed by atoms with van der Waals surface area (Å²) in [5.41, 5.74) is 4.76. The van der Waals surface area contributed by atoms with E-state index in [0.717, 1.165) is 12.5 Å². The molecule has 1 fully saturated rings. The van der Waals surface area contributed by atoms with Crippen molar-refractivity contribution in [2.45, 2.75) is 47.1 Å². The molecule has 17 heavy (non-hydrogen) atoms. The van der Waals surface area contributed by atoms with Gasteiger partial charge in [-0.3, -0.25) is 0 Å². The first kappa shape index (κ1) is 12.6. The standard InChI is InChI=1S/C16H25N/c1-11-6-7-14(8-12(11)2)13(3)17-10-15-9-16(15,4)5/h6-8,13,15,17H,9-10H2,1-5H3. The van der Waals surface area contributed by atoms with Crippen LogP contribution in [0.25, 0.3) is 0 Å². The molecule has 2 atom stereocenters. The van der Waals surface area contributed by atoms with Gasteiger partial charge in [0, 0.05) is 6.04 Å². The first-order valence-electron chi connectivity index (χ1n) is 6.71. The molecule has 1 heteroatoms. The average molecular weight is 231 g/mol. The summed E-state index contributed by atoms with van der Waals surface area (Å²) >= 11 is 0. The summed E-state index contributed by atoms with van der Waals surface area (Å²) in [6, 6.07) is 7.25. The van der Waals surface area contributed by atoms with Crippen molar-refractivity contribution in [2.24, 2.45) is 11.3 Å². The molecule has 0 bridgehead atoms. The Morgan fingerprint density at radius 3 is 2.47 bits per heavy atom. The van der Waals surface area contributed by atoms with Gasteiger partial charge in [0.1, 0.15) is 0 Å². The van der Waals surface area contributed by atoms with Crippen LogP contribution in [-0.2, 0) is 0 Å². The molecule has 0 amide bonds. The lowest BCUT2D eigenvalue weighted by atomic mass is 10.0. The highest BCUT2D eigenvalue weighted by atomic mass is 14.9. The Balaban J connectivity index is 1.91. The van der Waals surface area contributed by atoms with Crippen LogP contribution in [0.2, 0.25) is 0 Å². The highest BCUT2D eigenvalue weighted by molar-refractivity contribution is 5.31. The molecule has 1 nitrogen and oxygen atoms in total. The summed E-state index contributed by atoms with van der Waals surface area (Å²) in [7, 11) is 0. The fourth-order valence-corrected chi connectivity index (χ4v) is 2.40. The Labute approximate surface area is 106 Å².